The van der Waals surface area contributed by atoms with Crippen LogP contribution in [0.2, 0.25) is 0 Å². The van der Waals surface area contributed by atoms with Crippen LogP contribution in [0.25, 0.3) is 33.6 Å². The molecule has 0 radical (unpaired) electrons. The van der Waals surface area contributed by atoms with Gasteiger partial charge in [-0.15, -0.1) is 0 Å². The van der Waals surface area contributed by atoms with E-state index in [0.717, 1.165) is 64.5 Å². The van der Waals surface area contributed by atoms with Crippen LogP contribution < -0.4 is 4.74 Å². The van der Waals surface area contributed by atoms with E-state index in [0.29, 0.717) is 19.8 Å². The first-order valence-corrected chi connectivity index (χ1v) is 14.3. The van der Waals surface area contributed by atoms with Crippen molar-refractivity contribution >= 4 is 6.09 Å². The zero-order valence-electron chi connectivity index (χ0n) is 23.9. The van der Waals surface area contributed by atoms with E-state index >= 15 is 0 Å². The Kier molecular flexibility index (Phi) is 6.15. The number of methoxy groups -OCH3 is 1. The molecule has 2 N–H and O–H groups in total. The van der Waals surface area contributed by atoms with Gasteiger partial charge in [-0.2, -0.15) is 0 Å². The van der Waals surface area contributed by atoms with Gasteiger partial charge < -0.3 is 24.2 Å². The molecular weight excluding hydrogens is 518 g/mol. The maximum atomic E-state index is 13.1. The standard InChI is InChI=1S/C32H35N5O4/c1-32(2,3)41-31(38)37-14-18(15-39-4)9-27(37)30-33-13-26(36-30)20-5-7-22-21(10-20)16-40-28-12-23-19(11-24(22)28)6-8-25-29(23)35-17-34-25/h5,7,10-13,17-18,27H,6,8-9,14-16H2,1-4H3,(H,33,36)(H,34,35)/t18-,27-/m0/s1. The summed E-state index contributed by atoms with van der Waals surface area (Å²) in [4.78, 5) is 30.9. The summed E-state index contributed by atoms with van der Waals surface area (Å²) in [5.74, 6) is 1.88. The molecule has 1 amide bonds. The van der Waals surface area contributed by atoms with Crippen LogP contribution in [0, 0.1) is 5.92 Å². The Morgan fingerprint density at radius 3 is 2.80 bits per heavy atom. The van der Waals surface area contributed by atoms with Crippen molar-refractivity contribution in [2.75, 3.05) is 20.3 Å². The number of aryl methyl sites for hydroxylation is 2. The number of imidazole rings is 2. The average Bonchev–Trinajstić information content (AvgIpc) is 3.70. The summed E-state index contributed by atoms with van der Waals surface area (Å²) in [5.41, 5.74) is 9.53. The van der Waals surface area contributed by atoms with Gasteiger partial charge in [0.1, 0.15) is 23.8 Å². The van der Waals surface area contributed by atoms with Gasteiger partial charge in [0, 0.05) is 36.4 Å². The Morgan fingerprint density at radius 1 is 1.10 bits per heavy atom. The molecule has 41 heavy (non-hydrogen) atoms. The number of H-pyrrole nitrogens is 2. The normalized spacial score (nSPS) is 19.2. The number of ether oxygens (including phenoxy) is 3. The molecule has 1 saturated heterocycles. The maximum Gasteiger partial charge on any atom is 0.410 e. The molecule has 3 aliphatic rings. The SMILES string of the molecule is COC[C@H]1C[C@@H](c2ncc(-c3ccc4c(c3)COc3cc5c(cc3-4)CCc3[nH]cnc3-5)[nH]2)N(C(=O)OC(C)(C)C)C1. The van der Waals surface area contributed by atoms with Gasteiger partial charge in [-0.3, -0.25) is 4.90 Å². The Labute approximate surface area is 239 Å². The lowest BCUT2D eigenvalue weighted by atomic mass is 9.86. The highest BCUT2D eigenvalue weighted by Crippen LogP contribution is 2.44. The van der Waals surface area contributed by atoms with E-state index < -0.39 is 5.60 Å². The predicted molar refractivity (Wildman–Crippen MR) is 154 cm³/mol. The molecule has 1 aliphatic carbocycles. The zero-order chi connectivity index (χ0) is 28.3. The van der Waals surface area contributed by atoms with E-state index in [1.165, 1.54) is 16.8 Å². The second-order valence-corrected chi connectivity index (χ2v) is 12.3. The molecule has 1 fully saturated rings. The molecule has 7 rings (SSSR count). The Bertz CT molecular complexity index is 1630. The number of aromatic nitrogens is 4. The fraction of sp³-hybridized carbons (Fsp3) is 0.406. The summed E-state index contributed by atoms with van der Waals surface area (Å²) in [6.45, 7) is 7.31. The minimum atomic E-state index is -0.569. The fourth-order valence-corrected chi connectivity index (χ4v) is 6.40. The minimum Gasteiger partial charge on any atom is -0.488 e. The monoisotopic (exact) mass is 553 g/mol. The number of benzene rings is 2. The molecule has 0 bridgehead atoms. The molecule has 0 spiro atoms. The van der Waals surface area contributed by atoms with Crippen molar-refractivity contribution in [3.05, 3.63) is 65.5 Å². The van der Waals surface area contributed by atoms with E-state index in [9.17, 15) is 4.79 Å². The zero-order valence-corrected chi connectivity index (χ0v) is 23.9. The van der Waals surface area contributed by atoms with Crippen molar-refractivity contribution in [3.8, 4) is 39.4 Å². The Balaban J connectivity index is 1.16. The topological polar surface area (TPSA) is 105 Å². The first kappa shape index (κ1) is 25.8. The van der Waals surface area contributed by atoms with Gasteiger partial charge in [-0.25, -0.2) is 14.8 Å². The summed E-state index contributed by atoms with van der Waals surface area (Å²) >= 11 is 0. The number of nitrogens with zero attached hydrogens (tertiary/aromatic N) is 3. The number of aromatic amines is 2. The molecular formula is C32H35N5O4. The third-order valence-electron chi connectivity index (χ3n) is 8.24. The molecule has 2 aromatic carbocycles. The highest BCUT2D eigenvalue weighted by Gasteiger charge is 2.40. The number of rotatable bonds is 4. The number of fused-ring (bicyclic) bond motifs is 6. The van der Waals surface area contributed by atoms with Gasteiger partial charge in [0.2, 0.25) is 0 Å². The summed E-state index contributed by atoms with van der Waals surface area (Å²) in [6.07, 6.45) is 6.01. The predicted octanol–water partition coefficient (Wildman–Crippen LogP) is 6.07. The quantitative estimate of drug-likeness (QED) is 0.318. The average molecular weight is 554 g/mol. The van der Waals surface area contributed by atoms with Crippen LogP contribution in [-0.2, 0) is 28.9 Å². The number of carbonyl (C=O) groups is 1. The number of nitrogens with one attached hydrogen (secondary N) is 2. The molecule has 9 nitrogen and oxygen atoms in total. The first-order valence-electron chi connectivity index (χ1n) is 14.3. The second-order valence-electron chi connectivity index (χ2n) is 12.3. The molecule has 4 aromatic rings. The third-order valence-corrected chi connectivity index (χ3v) is 8.24. The van der Waals surface area contributed by atoms with Gasteiger partial charge in [-0.05, 0) is 80.5 Å². The highest BCUT2D eigenvalue weighted by atomic mass is 16.6. The van der Waals surface area contributed by atoms with Crippen LogP contribution in [0.5, 0.6) is 5.75 Å². The van der Waals surface area contributed by atoms with E-state index in [1.54, 1.807) is 18.3 Å². The molecule has 2 aliphatic heterocycles. The van der Waals surface area contributed by atoms with Gasteiger partial charge >= 0.3 is 6.09 Å². The highest BCUT2D eigenvalue weighted by molar-refractivity contribution is 5.83. The number of amides is 1. The molecule has 2 atom stereocenters. The first-order chi connectivity index (χ1) is 19.8. The van der Waals surface area contributed by atoms with Crippen LogP contribution >= 0.6 is 0 Å². The smallest absolute Gasteiger partial charge is 0.410 e. The Hall–Kier alpha value is -4.11. The summed E-state index contributed by atoms with van der Waals surface area (Å²) in [7, 11) is 1.69. The number of carbonyl (C=O) groups excluding carboxylic acids is 1. The van der Waals surface area contributed by atoms with Crippen LogP contribution in [-0.4, -0.2) is 56.8 Å². The van der Waals surface area contributed by atoms with E-state index in [4.69, 9.17) is 19.2 Å². The van der Waals surface area contributed by atoms with Crippen molar-refractivity contribution in [2.45, 2.75) is 58.3 Å². The van der Waals surface area contributed by atoms with Crippen molar-refractivity contribution in [1.29, 1.82) is 0 Å². The molecule has 0 unspecified atom stereocenters. The van der Waals surface area contributed by atoms with Crippen molar-refractivity contribution in [2.24, 2.45) is 5.92 Å². The van der Waals surface area contributed by atoms with Gasteiger partial charge in [0.25, 0.3) is 0 Å². The minimum absolute atomic E-state index is 0.201. The van der Waals surface area contributed by atoms with Gasteiger partial charge in [0.05, 0.1) is 36.6 Å². The van der Waals surface area contributed by atoms with Crippen LogP contribution in [0.3, 0.4) is 0 Å². The van der Waals surface area contributed by atoms with Crippen LogP contribution in [0.15, 0.2) is 42.9 Å². The number of hydrogen-bond acceptors (Lipinski definition) is 6. The number of hydrogen-bond donors (Lipinski definition) is 2. The lowest BCUT2D eigenvalue weighted by Crippen LogP contribution is -2.37. The molecule has 212 valence electrons. The van der Waals surface area contributed by atoms with Crippen LogP contribution in [0.4, 0.5) is 4.79 Å². The van der Waals surface area contributed by atoms with Crippen molar-refractivity contribution in [3.63, 3.8) is 0 Å². The molecule has 9 heteroatoms. The maximum absolute atomic E-state index is 13.1. The van der Waals surface area contributed by atoms with Crippen LogP contribution in [0.1, 0.15) is 55.9 Å². The largest absolute Gasteiger partial charge is 0.488 e. The van der Waals surface area contributed by atoms with Crippen molar-refractivity contribution < 1.29 is 19.0 Å². The van der Waals surface area contributed by atoms with E-state index in [-0.39, 0.29) is 18.1 Å². The Morgan fingerprint density at radius 2 is 1.98 bits per heavy atom. The molecule has 4 heterocycles. The lowest BCUT2D eigenvalue weighted by molar-refractivity contribution is 0.0208. The second kappa shape index (κ2) is 9.76. The van der Waals surface area contributed by atoms with Gasteiger partial charge in [0.15, 0.2) is 0 Å². The summed E-state index contributed by atoms with van der Waals surface area (Å²) in [5, 5.41) is 0. The third kappa shape index (κ3) is 4.68. The van der Waals surface area contributed by atoms with Gasteiger partial charge in [-0.1, -0.05) is 12.1 Å². The van der Waals surface area contributed by atoms with E-state index in [2.05, 4.69) is 45.3 Å². The fourth-order valence-electron chi connectivity index (χ4n) is 6.40. The number of likely N-dealkylation sites (tertiary alicyclic amines) is 1. The van der Waals surface area contributed by atoms with Crippen molar-refractivity contribution in [1.82, 2.24) is 24.8 Å². The summed E-state index contributed by atoms with van der Waals surface area (Å²) < 4.78 is 17.4. The van der Waals surface area contributed by atoms with E-state index in [1.807, 2.05) is 27.0 Å². The summed E-state index contributed by atoms with van der Waals surface area (Å²) in [6, 6.07) is 10.7. The lowest BCUT2D eigenvalue weighted by Gasteiger charge is -2.27. The molecule has 2 aromatic heterocycles. The molecule has 0 saturated carbocycles.